The van der Waals surface area contributed by atoms with E-state index in [1.165, 1.54) is 13.2 Å². The van der Waals surface area contributed by atoms with Crippen LogP contribution < -0.4 is 20.5 Å². The van der Waals surface area contributed by atoms with Gasteiger partial charge in [0, 0.05) is 25.8 Å². The van der Waals surface area contributed by atoms with Crippen LogP contribution in [0.15, 0.2) is 47.4 Å². The molecule has 37 heavy (non-hydrogen) atoms. The van der Waals surface area contributed by atoms with E-state index < -0.39 is 51.5 Å². The summed E-state index contributed by atoms with van der Waals surface area (Å²) in [5, 5.41) is 41.3. The van der Waals surface area contributed by atoms with Crippen LogP contribution in [0.1, 0.15) is 30.1 Å². The number of hydrogen-bond acceptors (Lipinski definition) is 10. The van der Waals surface area contributed by atoms with E-state index in [0.29, 0.717) is 12.3 Å². The molecule has 0 aliphatic carbocycles. The molecular formula is C24H33N3O9S. The molecular weight excluding hydrogens is 506 g/mol. The molecule has 1 unspecified atom stereocenters. The van der Waals surface area contributed by atoms with E-state index in [9.17, 15) is 28.5 Å². The summed E-state index contributed by atoms with van der Waals surface area (Å²) in [6.07, 6.45) is -5.20. The summed E-state index contributed by atoms with van der Waals surface area (Å²) in [4.78, 5) is 12.6. The van der Waals surface area contributed by atoms with E-state index >= 15 is 0 Å². The topological polar surface area (TPSA) is 190 Å². The molecule has 3 rings (SSSR count). The van der Waals surface area contributed by atoms with Gasteiger partial charge in [0.2, 0.25) is 10.0 Å². The van der Waals surface area contributed by atoms with Crippen molar-refractivity contribution >= 4 is 21.6 Å². The molecule has 0 spiro atoms. The van der Waals surface area contributed by atoms with Gasteiger partial charge in [0.15, 0.2) is 12.0 Å². The van der Waals surface area contributed by atoms with Crippen molar-refractivity contribution in [3.63, 3.8) is 0 Å². The van der Waals surface area contributed by atoms with Gasteiger partial charge < -0.3 is 40.2 Å². The molecule has 204 valence electrons. The van der Waals surface area contributed by atoms with Gasteiger partial charge in [-0.15, -0.1) is 0 Å². The Kier molecular flexibility index (Phi) is 9.84. The molecule has 0 bridgehead atoms. The minimum Gasteiger partial charge on any atom is -0.454 e. The third-order valence-electron chi connectivity index (χ3n) is 5.80. The van der Waals surface area contributed by atoms with Gasteiger partial charge in [-0.1, -0.05) is 31.5 Å². The summed E-state index contributed by atoms with van der Waals surface area (Å²) in [5.41, 5.74) is 0.207. The smallest absolute Gasteiger partial charge is 0.251 e. The lowest BCUT2D eigenvalue weighted by molar-refractivity contribution is -0.288. The van der Waals surface area contributed by atoms with E-state index in [0.717, 1.165) is 18.9 Å². The van der Waals surface area contributed by atoms with Crippen molar-refractivity contribution in [1.82, 2.24) is 5.32 Å². The molecule has 7 N–H and O–H groups in total. The predicted octanol–water partition coefficient (Wildman–Crippen LogP) is 0.522. The molecule has 1 amide bonds. The highest BCUT2D eigenvalue weighted by molar-refractivity contribution is 7.89. The molecule has 13 heteroatoms. The third kappa shape index (κ3) is 7.17. The van der Waals surface area contributed by atoms with Gasteiger partial charge in [-0.2, -0.15) is 0 Å². The lowest BCUT2D eigenvalue weighted by Crippen LogP contribution is -2.60. The fourth-order valence-corrected chi connectivity index (χ4v) is 4.46. The molecule has 1 aliphatic heterocycles. The number of rotatable bonds is 11. The molecule has 2 aromatic rings. The van der Waals surface area contributed by atoms with Crippen molar-refractivity contribution in [3.8, 4) is 11.5 Å². The van der Waals surface area contributed by atoms with Crippen LogP contribution in [0.5, 0.6) is 11.5 Å². The highest BCUT2D eigenvalue weighted by Crippen LogP contribution is 2.37. The summed E-state index contributed by atoms with van der Waals surface area (Å²) in [6.45, 7) is 2.21. The second kappa shape index (κ2) is 12.6. The fraction of sp³-hybridized carbons (Fsp3) is 0.458. The standard InChI is InChI=1S/C24H33N3O9S/c1-3-4-10-26-16-11-14(12-18(37(25,32)33)22(16)35-15-8-6-5-7-9-15)23(31)27-13-17-19(28)20(29)21(30)24(34-2)36-17/h5-9,11-12,17,19-21,24,26,28-30H,3-4,10,13H2,1-2H3,(H,27,31)(H2,25,32,33)/t17-,19+,20+,21-,24?/m0/s1. The van der Waals surface area contributed by atoms with Crippen molar-refractivity contribution in [2.45, 2.75) is 55.4 Å². The van der Waals surface area contributed by atoms with Gasteiger partial charge in [-0.3, -0.25) is 4.79 Å². The predicted molar refractivity (Wildman–Crippen MR) is 134 cm³/mol. The zero-order chi connectivity index (χ0) is 27.2. The number of anilines is 1. The van der Waals surface area contributed by atoms with E-state index in [4.69, 9.17) is 19.3 Å². The maximum Gasteiger partial charge on any atom is 0.251 e. The number of benzene rings is 2. The molecule has 0 aromatic heterocycles. The van der Waals surface area contributed by atoms with Crippen molar-refractivity contribution in [2.24, 2.45) is 5.14 Å². The first kappa shape index (κ1) is 28.8. The minimum absolute atomic E-state index is 0.0439. The van der Waals surface area contributed by atoms with E-state index in [2.05, 4.69) is 10.6 Å². The van der Waals surface area contributed by atoms with E-state index in [1.54, 1.807) is 30.3 Å². The monoisotopic (exact) mass is 539 g/mol. The quantitative estimate of drug-likeness (QED) is 0.220. The number of methoxy groups -OCH3 is 1. The molecule has 1 aliphatic rings. The van der Waals surface area contributed by atoms with Gasteiger partial charge in [0.05, 0.1) is 5.69 Å². The second-order valence-corrected chi connectivity index (χ2v) is 10.1. The van der Waals surface area contributed by atoms with Crippen LogP contribution in [0, 0.1) is 0 Å². The number of sulfonamides is 1. The summed E-state index contributed by atoms with van der Waals surface area (Å²) < 4.78 is 41.3. The number of aliphatic hydroxyl groups excluding tert-OH is 3. The number of nitrogens with two attached hydrogens (primary N) is 1. The van der Waals surface area contributed by atoms with Crippen LogP contribution in [0.25, 0.3) is 0 Å². The molecule has 1 saturated heterocycles. The number of primary sulfonamides is 1. The summed E-state index contributed by atoms with van der Waals surface area (Å²) in [5.74, 6) is -0.368. The van der Waals surface area contributed by atoms with Crippen LogP contribution in [0.2, 0.25) is 0 Å². The number of carbonyl (C=O) groups excluding carboxylic acids is 1. The first-order chi connectivity index (χ1) is 17.6. The number of para-hydroxylation sites is 1. The zero-order valence-electron chi connectivity index (χ0n) is 20.5. The lowest BCUT2D eigenvalue weighted by Gasteiger charge is -2.39. The summed E-state index contributed by atoms with van der Waals surface area (Å²) in [7, 11) is -3.06. The Labute approximate surface area is 215 Å². The van der Waals surface area contributed by atoms with Crippen molar-refractivity contribution < 1.29 is 42.7 Å². The number of nitrogens with one attached hydrogen (secondary N) is 2. The molecule has 12 nitrogen and oxygen atoms in total. The Bertz CT molecular complexity index is 1160. The number of amides is 1. The Morgan fingerprint density at radius 3 is 2.43 bits per heavy atom. The Hall–Kier alpha value is -2.78. The van der Waals surface area contributed by atoms with Crippen LogP contribution in [-0.2, 0) is 19.5 Å². The largest absolute Gasteiger partial charge is 0.454 e. The number of ether oxygens (including phenoxy) is 3. The fourth-order valence-electron chi connectivity index (χ4n) is 3.76. The second-order valence-electron chi connectivity index (χ2n) is 8.55. The zero-order valence-corrected chi connectivity index (χ0v) is 21.3. The van der Waals surface area contributed by atoms with Crippen LogP contribution in [0.3, 0.4) is 0 Å². The average Bonchev–Trinajstić information content (AvgIpc) is 2.87. The Balaban J connectivity index is 1.90. The number of carbonyl (C=O) groups is 1. The molecule has 2 aromatic carbocycles. The van der Waals surface area contributed by atoms with Crippen LogP contribution in [0.4, 0.5) is 5.69 Å². The third-order valence-corrected chi connectivity index (χ3v) is 6.71. The average molecular weight is 540 g/mol. The van der Waals surface area contributed by atoms with Crippen molar-refractivity contribution in [3.05, 3.63) is 48.0 Å². The van der Waals surface area contributed by atoms with Gasteiger partial charge in [-0.05, 0) is 30.7 Å². The van der Waals surface area contributed by atoms with E-state index in [1.807, 2.05) is 6.92 Å². The molecule has 1 fully saturated rings. The van der Waals surface area contributed by atoms with Crippen LogP contribution in [-0.4, -0.2) is 80.5 Å². The van der Waals surface area contributed by atoms with Crippen LogP contribution >= 0.6 is 0 Å². The molecule has 0 saturated carbocycles. The lowest BCUT2D eigenvalue weighted by atomic mass is 9.99. The number of unbranched alkanes of at least 4 members (excludes halogenated alkanes) is 1. The van der Waals surface area contributed by atoms with Gasteiger partial charge in [0.1, 0.15) is 35.1 Å². The van der Waals surface area contributed by atoms with Gasteiger partial charge in [0.25, 0.3) is 5.91 Å². The number of aliphatic hydroxyl groups is 3. The van der Waals surface area contributed by atoms with Crippen molar-refractivity contribution in [1.29, 1.82) is 0 Å². The molecule has 0 radical (unpaired) electrons. The Morgan fingerprint density at radius 1 is 1.11 bits per heavy atom. The summed E-state index contributed by atoms with van der Waals surface area (Å²) >= 11 is 0. The van der Waals surface area contributed by atoms with Gasteiger partial charge >= 0.3 is 0 Å². The maximum atomic E-state index is 13.0. The van der Waals surface area contributed by atoms with Gasteiger partial charge in [-0.25, -0.2) is 13.6 Å². The summed E-state index contributed by atoms with van der Waals surface area (Å²) in [6, 6.07) is 11.1. The Morgan fingerprint density at radius 2 is 1.81 bits per heavy atom. The minimum atomic E-state index is -4.32. The first-order valence-corrected chi connectivity index (χ1v) is 13.3. The highest BCUT2D eigenvalue weighted by Gasteiger charge is 2.44. The van der Waals surface area contributed by atoms with E-state index in [-0.39, 0.29) is 23.5 Å². The molecule has 5 atom stereocenters. The van der Waals surface area contributed by atoms with Crippen molar-refractivity contribution in [2.75, 3.05) is 25.5 Å². The molecule has 1 heterocycles. The first-order valence-electron chi connectivity index (χ1n) is 11.7. The highest BCUT2D eigenvalue weighted by atomic mass is 32.2. The SMILES string of the molecule is CCCCNc1cc(C(=O)NC[C@@H]2OC(OC)[C@@H](O)[C@H](O)[C@@H]2O)cc(S(N)(=O)=O)c1Oc1ccccc1. The number of hydrogen-bond donors (Lipinski definition) is 6. The maximum absolute atomic E-state index is 13.0. The normalized spacial score (nSPS) is 23.9.